The zero-order valence-electron chi connectivity index (χ0n) is 15.7. The van der Waals surface area contributed by atoms with Crippen LogP contribution in [0.4, 0.5) is 10.5 Å². The number of urea groups is 1. The zero-order chi connectivity index (χ0) is 19.6. The van der Waals surface area contributed by atoms with Crippen LogP contribution in [-0.4, -0.2) is 44.3 Å². The Morgan fingerprint density at radius 2 is 2.07 bits per heavy atom. The van der Waals surface area contributed by atoms with Gasteiger partial charge in [-0.15, -0.1) is 0 Å². The maximum atomic E-state index is 12.5. The molecule has 0 spiro atoms. The van der Waals surface area contributed by atoms with Gasteiger partial charge in [0.2, 0.25) is 5.91 Å². The fraction of sp³-hybridized carbons (Fsp3) is 0.444. The van der Waals surface area contributed by atoms with E-state index in [1.165, 1.54) is 4.57 Å². The van der Waals surface area contributed by atoms with E-state index in [0.29, 0.717) is 19.4 Å². The number of anilines is 1. The summed E-state index contributed by atoms with van der Waals surface area (Å²) >= 11 is 0. The number of carbonyl (C=O) groups excluding carboxylic acids is 2. The number of pyridine rings is 1. The summed E-state index contributed by atoms with van der Waals surface area (Å²) in [7, 11) is 3.53. The number of likely N-dealkylation sites (tertiary alicyclic amines) is 1. The number of nitrogens with one attached hydrogen (secondary N) is 2. The Morgan fingerprint density at radius 3 is 2.74 bits per heavy atom. The highest BCUT2D eigenvalue weighted by molar-refractivity contribution is 5.89. The van der Waals surface area contributed by atoms with Gasteiger partial charge in [-0.1, -0.05) is 0 Å². The van der Waals surface area contributed by atoms with Crippen molar-refractivity contribution in [3.63, 3.8) is 0 Å². The predicted octanol–water partition coefficient (Wildman–Crippen LogP) is 1.09. The first kappa shape index (κ1) is 18.7. The summed E-state index contributed by atoms with van der Waals surface area (Å²) < 4.78 is 3.21. The Morgan fingerprint density at radius 1 is 1.30 bits per heavy atom. The van der Waals surface area contributed by atoms with Crippen LogP contribution in [0.1, 0.15) is 31.5 Å². The average molecular weight is 372 g/mol. The quantitative estimate of drug-likeness (QED) is 0.839. The van der Waals surface area contributed by atoms with E-state index in [-0.39, 0.29) is 29.2 Å². The van der Waals surface area contributed by atoms with Crippen LogP contribution in [0.25, 0.3) is 0 Å². The first-order valence-electron chi connectivity index (χ1n) is 8.93. The molecule has 0 unspecified atom stereocenters. The minimum absolute atomic E-state index is 0.0218. The maximum Gasteiger partial charge on any atom is 0.319 e. The smallest absolute Gasteiger partial charge is 0.319 e. The van der Waals surface area contributed by atoms with Gasteiger partial charge in [0.25, 0.3) is 5.56 Å². The van der Waals surface area contributed by atoms with Crippen LogP contribution in [0, 0.1) is 0 Å². The van der Waals surface area contributed by atoms with E-state index < -0.39 is 6.03 Å². The van der Waals surface area contributed by atoms with Crippen molar-refractivity contribution in [1.29, 1.82) is 0 Å². The zero-order valence-corrected chi connectivity index (χ0v) is 15.7. The van der Waals surface area contributed by atoms with Gasteiger partial charge in [0.15, 0.2) is 0 Å². The number of rotatable bonds is 4. The molecule has 1 saturated heterocycles. The highest BCUT2D eigenvalue weighted by Gasteiger charge is 2.37. The molecule has 0 bridgehead atoms. The lowest BCUT2D eigenvalue weighted by molar-refractivity contribution is -0.136. The summed E-state index contributed by atoms with van der Waals surface area (Å²) in [5.41, 5.74) is 0.798. The first-order valence-corrected chi connectivity index (χ1v) is 8.93. The third-order valence-corrected chi connectivity index (χ3v) is 4.95. The summed E-state index contributed by atoms with van der Waals surface area (Å²) in [4.78, 5) is 38.6. The van der Waals surface area contributed by atoms with E-state index in [0.717, 1.165) is 5.69 Å². The van der Waals surface area contributed by atoms with Crippen LogP contribution in [0.3, 0.4) is 0 Å². The third-order valence-electron chi connectivity index (χ3n) is 4.95. The van der Waals surface area contributed by atoms with Crippen molar-refractivity contribution in [2.45, 2.75) is 38.4 Å². The normalized spacial score (nSPS) is 19.8. The topological polar surface area (TPSA) is 101 Å². The lowest BCUT2D eigenvalue weighted by atomic mass is 9.93. The van der Waals surface area contributed by atoms with Gasteiger partial charge in [-0.3, -0.25) is 14.3 Å². The van der Waals surface area contributed by atoms with Gasteiger partial charge < -0.3 is 20.1 Å². The van der Waals surface area contributed by atoms with Gasteiger partial charge in [-0.2, -0.15) is 5.10 Å². The van der Waals surface area contributed by atoms with Crippen molar-refractivity contribution < 1.29 is 9.59 Å². The number of piperidine rings is 1. The van der Waals surface area contributed by atoms with Crippen molar-refractivity contribution >= 4 is 17.6 Å². The van der Waals surface area contributed by atoms with Gasteiger partial charge in [-0.25, -0.2) is 4.79 Å². The third kappa shape index (κ3) is 3.71. The van der Waals surface area contributed by atoms with Crippen LogP contribution < -0.4 is 16.2 Å². The molecule has 1 fully saturated rings. The van der Waals surface area contributed by atoms with E-state index in [1.54, 1.807) is 48.2 Å². The van der Waals surface area contributed by atoms with Gasteiger partial charge in [0.05, 0.1) is 17.8 Å². The molecule has 2 N–H and O–H groups in total. The number of amides is 3. The summed E-state index contributed by atoms with van der Waals surface area (Å²) in [6.45, 7) is 2.38. The van der Waals surface area contributed by atoms with Crippen LogP contribution in [0.5, 0.6) is 0 Å². The average Bonchev–Trinajstić information content (AvgIpc) is 3.06. The van der Waals surface area contributed by atoms with Gasteiger partial charge in [0, 0.05) is 39.5 Å². The second kappa shape index (κ2) is 7.65. The fourth-order valence-corrected chi connectivity index (χ4v) is 3.48. The van der Waals surface area contributed by atoms with E-state index >= 15 is 0 Å². The van der Waals surface area contributed by atoms with E-state index in [9.17, 15) is 14.4 Å². The van der Waals surface area contributed by atoms with E-state index in [4.69, 9.17) is 0 Å². The molecular weight excluding hydrogens is 348 g/mol. The van der Waals surface area contributed by atoms with E-state index in [2.05, 4.69) is 15.7 Å². The second-order valence-electron chi connectivity index (χ2n) is 6.59. The molecule has 2 aromatic rings. The van der Waals surface area contributed by atoms with Crippen LogP contribution in [-0.2, 0) is 18.4 Å². The standard InChI is InChI=1S/C18H24N6O3/c1-4-24-11-5-6-13(17(24)26)21-18(27)20-12-7-8-15(25)22(2)16(12)14-9-10-19-23(14)3/h5-6,9-12,16H,4,7-8H2,1-3H3,(H2,20,21,27)/t12-,16-/m1/s1. The van der Waals surface area contributed by atoms with E-state index in [1.807, 2.05) is 13.0 Å². The molecule has 3 heterocycles. The molecule has 2 aromatic heterocycles. The minimum atomic E-state index is -0.471. The molecule has 1 aliphatic heterocycles. The predicted molar refractivity (Wildman–Crippen MR) is 100 cm³/mol. The largest absolute Gasteiger partial charge is 0.335 e. The summed E-state index contributed by atoms with van der Waals surface area (Å²) in [6, 6.07) is 4.03. The number of hydrogen-bond donors (Lipinski definition) is 2. The molecule has 144 valence electrons. The molecule has 0 radical (unpaired) electrons. The molecule has 0 saturated carbocycles. The van der Waals surface area contributed by atoms with Crippen molar-refractivity contribution in [1.82, 2.24) is 24.6 Å². The fourth-order valence-electron chi connectivity index (χ4n) is 3.48. The summed E-state index contributed by atoms with van der Waals surface area (Å²) in [5.74, 6) is 0.0218. The number of nitrogens with zero attached hydrogens (tertiary/aromatic N) is 4. The van der Waals surface area contributed by atoms with Crippen LogP contribution >= 0.6 is 0 Å². The highest BCUT2D eigenvalue weighted by atomic mass is 16.2. The Hall–Kier alpha value is -3.10. The van der Waals surface area contributed by atoms with Crippen molar-refractivity contribution in [3.05, 3.63) is 46.6 Å². The molecule has 0 aromatic carbocycles. The Labute approximate surface area is 157 Å². The Balaban J connectivity index is 1.78. The van der Waals surface area contributed by atoms with Gasteiger partial charge >= 0.3 is 6.03 Å². The highest BCUT2D eigenvalue weighted by Crippen LogP contribution is 2.30. The lowest BCUT2D eigenvalue weighted by Crippen LogP contribution is -2.52. The summed E-state index contributed by atoms with van der Waals surface area (Å²) in [5, 5.41) is 9.71. The SMILES string of the molecule is CCn1cccc(NC(=O)N[C@@H]2CCC(=O)N(C)[C@H]2c2ccnn2C)c1=O. The molecule has 9 nitrogen and oxygen atoms in total. The summed E-state index contributed by atoms with van der Waals surface area (Å²) in [6.07, 6.45) is 4.20. The molecule has 3 amide bonds. The monoisotopic (exact) mass is 372 g/mol. The minimum Gasteiger partial charge on any atom is -0.335 e. The number of hydrogen-bond acceptors (Lipinski definition) is 4. The number of aromatic nitrogens is 3. The molecular formula is C18H24N6O3. The molecule has 9 heteroatoms. The van der Waals surface area contributed by atoms with Gasteiger partial charge in [-0.05, 0) is 31.5 Å². The lowest BCUT2D eigenvalue weighted by Gasteiger charge is -2.39. The first-order chi connectivity index (χ1) is 12.9. The number of aryl methyl sites for hydroxylation is 2. The maximum absolute atomic E-state index is 12.5. The van der Waals surface area contributed by atoms with Crippen molar-refractivity contribution in [2.75, 3.05) is 12.4 Å². The van der Waals surface area contributed by atoms with Gasteiger partial charge in [0.1, 0.15) is 5.69 Å². The Kier molecular flexibility index (Phi) is 5.29. The Bertz CT molecular complexity index is 902. The molecule has 27 heavy (non-hydrogen) atoms. The molecule has 0 aliphatic carbocycles. The second-order valence-corrected chi connectivity index (χ2v) is 6.59. The molecule has 1 aliphatic rings. The molecule has 2 atom stereocenters. The van der Waals surface area contributed by atoms with Crippen LogP contribution in [0.15, 0.2) is 35.4 Å². The number of carbonyl (C=O) groups is 2. The molecule has 3 rings (SSSR count). The number of likely N-dealkylation sites (N-methyl/N-ethyl adjacent to an activating group) is 1. The van der Waals surface area contributed by atoms with Crippen LogP contribution in [0.2, 0.25) is 0 Å². The van der Waals surface area contributed by atoms with Crippen molar-refractivity contribution in [3.8, 4) is 0 Å². The van der Waals surface area contributed by atoms with Crippen molar-refractivity contribution in [2.24, 2.45) is 7.05 Å².